The average molecular weight is 278 g/mol. The number of aromatic nitrogens is 1. The van der Waals surface area contributed by atoms with E-state index in [0.29, 0.717) is 0 Å². The highest BCUT2D eigenvalue weighted by Gasteiger charge is 2.18. The van der Waals surface area contributed by atoms with Crippen LogP contribution >= 0.6 is 15.9 Å². The van der Waals surface area contributed by atoms with Gasteiger partial charge in [0.1, 0.15) is 0 Å². The average Bonchev–Trinajstić information content (AvgIpc) is 2.09. The van der Waals surface area contributed by atoms with Crippen LogP contribution in [0.5, 0.6) is 0 Å². The molecule has 0 amide bonds. The molecule has 0 saturated carbocycles. The molecule has 1 rings (SSSR count). The van der Waals surface area contributed by atoms with Gasteiger partial charge < -0.3 is 5.11 Å². The molecule has 1 N–H and O–H groups in total. The zero-order valence-corrected chi connectivity index (χ0v) is 10.4. The zero-order chi connectivity index (χ0) is 12.1. The van der Waals surface area contributed by atoms with Gasteiger partial charge in [0.2, 0.25) is 5.95 Å². The standard InChI is InChI=1S/C5H3BrFN.C5H10O2/c6-4-1-2-5(7)8-3-4;1-5(2,3)4(6)7/h1-3H;1-3H3,(H,6,7). The van der Waals surface area contributed by atoms with Gasteiger partial charge in [0.05, 0.1) is 5.41 Å². The fourth-order valence-corrected chi connectivity index (χ4v) is 0.592. The van der Waals surface area contributed by atoms with Crippen LogP contribution in [-0.4, -0.2) is 16.1 Å². The molecule has 0 unspecified atom stereocenters. The molecule has 0 atom stereocenters. The van der Waals surface area contributed by atoms with Crippen LogP contribution in [0.2, 0.25) is 0 Å². The van der Waals surface area contributed by atoms with Crippen LogP contribution in [0, 0.1) is 11.4 Å². The van der Waals surface area contributed by atoms with E-state index < -0.39 is 17.3 Å². The molecule has 0 aromatic carbocycles. The SMILES string of the molecule is CC(C)(C)C(=O)O.Fc1ccc(Br)cn1. The summed E-state index contributed by atoms with van der Waals surface area (Å²) in [6.45, 7) is 4.99. The summed E-state index contributed by atoms with van der Waals surface area (Å²) in [5, 5.41) is 8.25. The molecule has 0 spiro atoms. The van der Waals surface area contributed by atoms with Gasteiger partial charge in [0.15, 0.2) is 0 Å². The second kappa shape index (κ2) is 5.80. The Morgan fingerprint density at radius 1 is 1.47 bits per heavy atom. The van der Waals surface area contributed by atoms with Gasteiger partial charge in [-0.3, -0.25) is 4.79 Å². The van der Waals surface area contributed by atoms with Gasteiger partial charge in [-0.15, -0.1) is 0 Å². The molecule has 0 aliphatic rings. The van der Waals surface area contributed by atoms with Crippen LogP contribution in [0.15, 0.2) is 22.8 Å². The minimum absolute atomic E-state index is 0.451. The molecule has 0 bridgehead atoms. The number of carboxylic acid groups (broad SMARTS) is 1. The molecule has 84 valence electrons. The predicted molar refractivity (Wildman–Crippen MR) is 59.0 cm³/mol. The van der Waals surface area contributed by atoms with Gasteiger partial charge in [0, 0.05) is 10.7 Å². The topological polar surface area (TPSA) is 50.2 Å². The molecule has 1 aromatic heterocycles. The van der Waals surface area contributed by atoms with E-state index in [1.165, 1.54) is 12.3 Å². The Balaban J connectivity index is 0.000000265. The van der Waals surface area contributed by atoms with Crippen molar-refractivity contribution in [3.63, 3.8) is 0 Å². The molecular weight excluding hydrogens is 265 g/mol. The Morgan fingerprint density at radius 3 is 2.13 bits per heavy atom. The number of carboxylic acids is 1. The van der Waals surface area contributed by atoms with Gasteiger partial charge in [-0.1, -0.05) is 0 Å². The highest BCUT2D eigenvalue weighted by atomic mass is 79.9. The fraction of sp³-hybridized carbons (Fsp3) is 0.400. The number of hydrogen-bond donors (Lipinski definition) is 1. The van der Waals surface area contributed by atoms with Crippen molar-refractivity contribution >= 4 is 21.9 Å². The molecule has 0 aliphatic heterocycles. The maximum absolute atomic E-state index is 12.0. The maximum atomic E-state index is 12.0. The third-order valence-electron chi connectivity index (χ3n) is 1.33. The third kappa shape index (κ3) is 7.02. The molecule has 1 heterocycles. The van der Waals surface area contributed by atoms with Gasteiger partial charge in [-0.25, -0.2) is 4.98 Å². The molecule has 1 aromatic rings. The second-order valence-corrected chi connectivity index (χ2v) is 4.77. The smallest absolute Gasteiger partial charge is 0.308 e. The second-order valence-electron chi connectivity index (χ2n) is 3.85. The van der Waals surface area contributed by atoms with Crippen LogP contribution in [0.1, 0.15) is 20.8 Å². The Kier molecular flexibility index (Phi) is 5.43. The maximum Gasteiger partial charge on any atom is 0.308 e. The Bertz CT molecular complexity index is 298. The Morgan fingerprint density at radius 2 is 1.93 bits per heavy atom. The Labute approximate surface area is 96.5 Å². The lowest BCUT2D eigenvalue weighted by molar-refractivity contribution is -0.145. The van der Waals surface area contributed by atoms with Crippen molar-refractivity contribution in [3.05, 3.63) is 28.7 Å². The minimum Gasteiger partial charge on any atom is -0.481 e. The monoisotopic (exact) mass is 277 g/mol. The highest BCUT2D eigenvalue weighted by molar-refractivity contribution is 9.10. The first-order valence-electron chi connectivity index (χ1n) is 4.24. The molecule has 0 radical (unpaired) electrons. The first-order valence-corrected chi connectivity index (χ1v) is 5.03. The Hall–Kier alpha value is -0.970. The third-order valence-corrected chi connectivity index (χ3v) is 1.80. The van der Waals surface area contributed by atoms with E-state index in [0.717, 1.165) is 4.47 Å². The van der Waals surface area contributed by atoms with Crippen molar-refractivity contribution in [2.45, 2.75) is 20.8 Å². The summed E-state index contributed by atoms with van der Waals surface area (Å²) < 4.78 is 12.7. The predicted octanol–water partition coefficient (Wildman–Crippen LogP) is 3.10. The first-order chi connectivity index (χ1) is 6.73. The number of rotatable bonds is 0. The minimum atomic E-state index is -0.757. The van der Waals surface area contributed by atoms with Gasteiger partial charge in [-0.05, 0) is 48.8 Å². The number of carbonyl (C=O) groups is 1. The van der Waals surface area contributed by atoms with Crippen molar-refractivity contribution in [3.8, 4) is 0 Å². The van der Waals surface area contributed by atoms with Gasteiger partial charge >= 0.3 is 5.97 Å². The quantitative estimate of drug-likeness (QED) is 0.742. The van der Waals surface area contributed by atoms with E-state index in [1.807, 2.05) is 0 Å². The van der Waals surface area contributed by atoms with E-state index in [-0.39, 0.29) is 0 Å². The lowest BCUT2D eigenvalue weighted by atomic mass is 9.98. The molecule has 0 saturated heterocycles. The number of pyridine rings is 1. The summed E-state index contributed by atoms with van der Waals surface area (Å²) in [6.07, 6.45) is 1.41. The summed E-state index contributed by atoms with van der Waals surface area (Å²) in [5.74, 6) is -1.21. The van der Waals surface area contributed by atoms with Crippen molar-refractivity contribution in [2.75, 3.05) is 0 Å². The van der Waals surface area contributed by atoms with E-state index in [1.54, 1.807) is 26.8 Å². The zero-order valence-electron chi connectivity index (χ0n) is 8.79. The highest BCUT2D eigenvalue weighted by Crippen LogP contribution is 2.11. The van der Waals surface area contributed by atoms with Gasteiger partial charge in [-0.2, -0.15) is 4.39 Å². The van der Waals surface area contributed by atoms with E-state index in [4.69, 9.17) is 5.11 Å². The van der Waals surface area contributed by atoms with Crippen LogP contribution < -0.4 is 0 Å². The molecule has 3 nitrogen and oxygen atoms in total. The summed E-state index contributed by atoms with van der Waals surface area (Å²) in [4.78, 5) is 13.4. The van der Waals surface area contributed by atoms with Crippen LogP contribution in [0.3, 0.4) is 0 Å². The summed E-state index contributed by atoms with van der Waals surface area (Å²) >= 11 is 3.12. The lowest BCUT2D eigenvalue weighted by Crippen LogP contribution is -2.18. The number of nitrogens with zero attached hydrogens (tertiary/aromatic N) is 1. The molecule has 0 fully saturated rings. The molecule has 15 heavy (non-hydrogen) atoms. The van der Waals surface area contributed by atoms with E-state index in [2.05, 4.69) is 20.9 Å². The number of hydrogen-bond acceptors (Lipinski definition) is 2. The van der Waals surface area contributed by atoms with Crippen LogP contribution in [-0.2, 0) is 4.79 Å². The van der Waals surface area contributed by atoms with Crippen LogP contribution in [0.25, 0.3) is 0 Å². The van der Waals surface area contributed by atoms with Crippen LogP contribution in [0.4, 0.5) is 4.39 Å². The molecular formula is C10H13BrFNO2. The molecule has 0 aliphatic carbocycles. The number of aliphatic carboxylic acids is 1. The van der Waals surface area contributed by atoms with E-state index >= 15 is 0 Å². The summed E-state index contributed by atoms with van der Waals surface area (Å²) in [7, 11) is 0. The first kappa shape index (κ1) is 14.0. The van der Waals surface area contributed by atoms with Crippen molar-refractivity contribution in [2.24, 2.45) is 5.41 Å². The number of halogens is 2. The van der Waals surface area contributed by atoms with Gasteiger partial charge in [0.25, 0.3) is 0 Å². The van der Waals surface area contributed by atoms with Crippen molar-refractivity contribution in [1.82, 2.24) is 4.98 Å². The lowest BCUT2D eigenvalue weighted by Gasteiger charge is -2.08. The molecule has 5 heteroatoms. The summed E-state index contributed by atoms with van der Waals surface area (Å²) in [5.41, 5.74) is -0.583. The van der Waals surface area contributed by atoms with E-state index in [9.17, 15) is 9.18 Å². The largest absolute Gasteiger partial charge is 0.481 e. The normalized spacial score (nSPS) is 10.2. The fourth-order valence-electron chi connectivity index (χ4n) is 0.358. The summed E-state index contributed by atoms with van der Waals surface area (Å²) in [6, 6.07) is 2.90. The van der Waals surface area contributed by atoms with Crippen molar-refractivity contribution < 1.29 is 14.3 Å². The van der Waals surface area contributed by atoms with Crippen molar-refractivity contribution in [1.29, 1.82) is 0 Å².